The Morgan fingerprint density at radius 3 is 1.35 bits per heavy atom. The van der Waals surface area contributed by atoms with Crippen molar-refractivity contribution in [3.05, 3.63) is 60.8 Å². The summed E-state index contributed by atoms with van der Waals surface area (Å²) >= 11 is 0. The molecular weight excluding hydrogens is 649 g/mol. The van der Waals surface area contributed by atoms with Crippen LogP contribution in [0, 0.1) is 0 Å². The van der Waals surface area contributed by atoms with E-state index < -0.39 is 12.1 Å². The Labute approximate surface area is 320 Å². The molecule has 0 aliphatic rings. The Bertz CT molecular complexity index is 975. The topological polar surface area (TPSA) is 78.9 Å². The second-order valence-electron chi connectivity index (χ2n) is 13.9. The van der Waals surface area contributed by atoms with Crippen molar-refractivity contribution >= 4 is 17.9 Å². The lowest BCUT2D eigenvalue weighted by atomic mass is 10.0. The van der Waals surface area contributed by atoms with Crippen molar-refractivity contribution < 1.29 is 28.6 Å². The molecule has 0 N–H and O–H groups in total. The van der Waals surface area contributed by atoms with E-state index in [1.54, 1.807) is 6.08 Å². The van der Waals surface area contributed by atoms with Gasteiger partial charge < -0.3 is 14.2 Å². The van der Waals surface area contributed by atoms with E-state index in [9.17, 15) is 14.4 Å². The maximum Gasteiger partial charge on any atom is 0.309 e. The number of rotatable bonds is 37. The molecule has 0 aliphatic carbocycles. The maximum absolute atomic E-state index is 12.6. The lowest BCUT2D eigenvalue weighted by Crippen LogP contribution is -2.30. The van der Waals surface area contributed by atoms with Crippen LogP contribution in [0.4, 0.5) is 0 Å². The molecule has 0 radical (unpaired) electrons. The van der Waals surface area contributed by atoms with Crippen LogP contribution in [0.1, 0.15) is 194 Å². The van der Waals surface area contributed by atoms with Crippen molar-refractivity contribution in [3.63, 3.8) is 0 Å². The third kappa shape index (κ3) is 38.3. The molecule has 298 valence electrons. The van der Waals surface area contributed by atoms with E-state index in [4.69, 9.17) is 14.2 Å². The van der Waals surface area contributed by atoms with Crippen LogP contribution in [0.2, 0.25) is 0 Å². The van der Waals surface area contributed by atoms with Crippen LogP contribution in [-0.2, 0) is 28.6 Å². The van der Waals surface area contributed by atoms with Crippen LogP contribution >= 0.6 is 0 Å². The number of carbonyl (C=O) groups is 3. The van der Waals surface area contributed by atoms with Crippen molar-refractivity contribution in [1.82, 2.24) is 0 Å². The molecule has 0 saturated heterocycles. The monoisotopic (exact) mass is 727 g/mol. The largest absolute Gasteiger partial charge is 0.462 e. The smallest absolute Gasteiger partial charge is 0.309 e. The summed E-state index contributed by atoms with van der Waals surface area (Å²) in [7, 11) is 0. The van der Waals surface area contributed by atoms with Gasteiger partial charge in [0.1, 0.15) is 13.2 Å². The Morgan fingerprint density at radius 2 is 0.827 bits per heavy atom. The van der Waals surface area contributed by atoms with Gasteiger partial charge in [0.15, 0.2) is 6.10 Å². The highest BCUT2D eigenvalue weighted by atomic mass is 16.6. The molecule has 6 nitrogen and oxygen atoms in total. The highest BCUT2D eigenvalue weighted by molar-refractivity contribution is 5.72. The molecule has 0 fully saturated rings. The standard InChI is InChI=1S/C46H78O6/c1-4-7-10-13-16-19-21-23-25-27-30-33-36-39-45(48)51-42-43(41-50-44(47)38-35-32-29-26-18-15-12-9-6-3)52-46(49)40-37-34-31-28-24-22-20-17-14-11-8-5-2/h8-9,11-12,17-18,20,26,32,35,43H,4-7,10,13-16,19,21-25,27-31,33-34,36-42H2,1-3H3/b11-8-,12-9-,20-17-,26-18-,35-32-. The molecule has 0 bridgehead atoms. The molecule has 0 aromatic rings. The molecular formula is C46H78O6. The second kappa shape index (κ2) is 40.9. The molecule has 0 rings (SSSR count). The average Bonchev–Trinajstić information content (AvgIpc) is 3.14. The number of esters is 3. The zero-order valence-electron chi connectivity index (χ0n) is 33.8. The summed E-state index contributed by atoms with van der Waals surface area (Å²) in [5.41, 5.74) is 0. The number of hydrogen-bond donors (Lipinski definition) is 0. The summed E-state index contributed by atoms with van der Waals surface area (Å²) < 4.78 is 16.5. The van der Waals surface area contributed by atoms with E-state index in [1.807, 2.05) is 6.08 Å². The summed E-state index contributed by atoms with van der Waals surface area (Å²) in [4.78, 5) is 37.5. The van der Waals surface area contributed by atoms with Gasteiger partial charge >= 0.3 is 17.9 Å². The van der Waals surface area contributed by atoms with Gasteiger partial charge in [-0.15, -0.1) is 0 Å². The fourth-order valence-electron chi connectivity index (χ4n) is 5.66. The van der Waals surface area contributed by atoms with E-state index in [1.165, 1.54) is 64.2 Å². The average molecular weight is 727 g/mol. The third-order valence-electron chi connectivity index (χ3n) is 8.80. The van der Waals surface area contributed by atoms with Crippen LogP contribution in [0.5, 0.6) is 0 Å². The van der Waals surface area contributed by atoms with E-state index >= 15 is 0 Å². The molecule has 52 heavy (non-hydrogen) atoms. The molecule has 1 atom stereocenters. The lowest BCUT2D eigenvalue weighted by Gasteiger charge is -2.18. The van der Waals surface area contributed by atoms with Gasteiger partial charge in [0.05, 0.1) is 6.42 Å². The fourth-order valence-corrected chi connectivity index (χ4v) is 5.66. The SMILES string of the molecule is CC/C=C\C/C=C\C/C=C\CC(=O)OCC(COC(=O)CCCCCCCCCCCCCCC)OC(=O)CCCCCCC/C=C\C/C=C\CC. The Hall–Kier alpha value is -2.89. The Balaban J connectivity index is 4.45. The first-order valence-electron chi connectivity index (χ1n) is 21.3. The van der Waals surface area contributed by atoms with Gasteiger partial charge in [0, 0.05) is 12.8 Å². The summed E-state index contributed by atoms with van der Waals surface area (Å²) in [5.74, 6) is -1.06. The van der Waals surface area contributed by atoms with Gasteiger partial charge in [0.2, 0.25) is 0 Å². The van der Waals surface area contributed by atoms with Crippen molar-refractivity contribution in [1.29, 1.82) is 0 Å². The first-order valence-corrected chi connectivity index (χ1v) is 21.3. The molecule has 1 unspecified atom stereocenters. The van der Waals surface area contributed by atoms with Gasteiger partial charge in [-0.25, -0.2) is 0 Å². The van der Waals surface area contributed by atoms with Gasteiger partial charge in [0.25, 0.3) is 0 Å². The van der Waals surface area contributed by atoms with Gasteiger partial charge in [-0.1, -0.05) is 178 Å². The predicted octanol–water partition coefficient (Wildman–Crippen LogP) is 13.4. The highest BCUT2D eigenvalue weighted by Gasteiger charge is 2.19. The Morgan fingerprint density at radius 1 is 0.423 bits per heavy atom. The predicted molar refractivity (Wildman–Crippen MR) is 219 cm³/mol. The van der Waals surface area contributed by atoms with Gasteiger partial charge in [-0.3, -0.25) is 14.4 Å². The minimum absolute atomic E-state index is 0.106. The fraction of sp³-hybridized carbons (Fsp3) is 0.717. The van der Waals surface area contributed by atoms with Crippen molar-refractivity contribution in [2.24, 2.45) is 0 Å². The molecule has 0 aromatic heterocycles. The summed E-state index contributed by atoms with van der Waals surface area (Å²) in [5, 5.41) is 0. The van der Waals surface area contributed by atoms with Crippen LogP contribution in [0.15, 0.2) is 60.8 Å². The molecule has 0 aliphatic heterocycles. The number of carbonyl (C=O) groups excluding carboxylic acids is 3. The van der Waals surface area contributed by atoms with Gasteiger partial charge in [-0.2, -0.15) is 0 Å². The van der Waals surface area contributed by atoms with E-state index in [0.717, 1.165) is 89.9 Å². The zero-order chi connectivity index (χ0) is 38.0. The van der Waals surface area contributed by atoms with E-state index in [0.29, 0.717) is 12.8 Å². The molecule has 0 heterocycles. The molecule has 6 heteroatoms. The first kappa shape index (κ1) is 49.1. The van der Waals surface area contributed by atoms with Gasteiger partial charge in [-0.05, 0) is 57.8 Å². The minimum atomic E-state index is -0.811. The summed E-state index contributed by atoms with van der Waals surface area (Å²) in [6, 6.07) is 0. The molecule has 0 amide bonds. The molecule has 0 aromatic carbocycles. The second-order valence-corrected chi connectivity index (χ2v) is 13.9. The first-order chi connectivity index (χ1) is 25.5. The van der Waals surface area contributed by atoms with Crippen LogP contribution < -0.4 is 0 Å². The van der Waals surface area contributed by atoms with Crippen LogP contribution in [-0.4, -0.2) is 37.2 Å². The summed E-state index contributed by atoms with van der Waals surface area (Å²) in [6.07, 6.45) is 48.1. The van der Waals surface area contributed by atoms with Crippen molar-refractivity contribution in [3.8, 4) is 0 Å². The van der Waals surface area contributed by atoms with E-state index in [2.05, 4.69) is 69.4 Å². The normalized spacial score (nSPS) is 12.6. The molecule has 0 saturated carbocycles. The van der Waals surface area contributed by atoms with Crippen LogP contribution in [0.3, 0.4) is 0 Å². The number of hydrogen-bond acceptors (Lipinski definition) is 6. The minimum Gasteiger partial charge on any atom is -0.462 e. The molecule has 0 spiro atoms. The van der Waals surface area contributed by atoms with Crippen molar-refractivity contribution in [2.75, 3.05) is 13.2 Å². The summed E-state index contributed by atoms with van der Waals surface area (Å²) in [6.45, 7) is 6.28. The third-order valence-corrected chi connectivity index (χ3v) is 8.80. The van der Waals surface area contributed by atoms with Crippen LogP contribution in [0.25, 0.3) is 0 Å². The number of allylic oxidation sites excluding steroid dienone is 9. The highest BCUT2D eigenvalue weighted by Crippen LogP contribution is 2.14. The maximum atomic E-state index is 12.6. The Kier molecular flexibility index (Phi) is 38.6. The zero-order valence-corrected chi connectivity index (χ0v) is 33.8. The number of ether oxygens (including phenoxy) is 3. The van der Waals surface area contributed by atoms with Crippen molar-refractivity contribution in [2.45, 2.75) is 200 Å². The van der Waals surface area contributed by atoms with E-state index in [-0.39, 0.29) is 31.6 Å². The quantitative estimate of drug-likeness (QED) is 0.0274. The lowest BCUT2D eigenvalue weighted by molar-refractivity contribution is -0.166. The number of unbranched alkanes of at least 4 members (excludes halogenated alkanes) is 17.